The maximum absolute atomic E-state index is 14.1. The first kappa shape index (κ1) is 15.0. The van der Waals surface area contributed by atoms with E-state index in [1.54, 1.807) is 0 Å². The lowest BCUT2D eigenvalue weighted by molar-refractivity contribution is -0.130. The van der Waals surface area contributed by atoms with Crippen molar-refractivity contribution in [3.05, 3.63) is 46.0 Å². The molecule has 0 aliphatic heterocycles. The summed E-state index contributed by atoms with van der Waals surface area (Å²) in [5.41, 5.74) is 0.168. The summed E-state index contributed by atoms with van der Waals surface area (Å²) in [6.45, 7) is 2.15. The Morgan fingerprint density at radius 3 is 2.73 bits per heavy atom. The number of rotatable bonds is 4. The Morgan fingerprint density at radius 1 is 1.41 bits per heavy atom. The molecule has 1 aromatic heterocycles. The summed E-state index contributed by atoms with van der Waals surface area (Å²) in [6, 6.07) is 3.41. The van der Waals surface area contributed by atoms with E-state index in [1.165, 1.54) is 23.7 Å². The van der Waals surface area contributed by atoms with Crippen LogP contribution < -0.4 is 5.32 Å². The zero-order chi connectivity index (χ0) is 15.7. The van der Waals surface area contributed by atoms with Gasteiger partial charge in [-0.15, -0.1) is 5.10 Å². The lowest BCUT2D eigenvalue weighted by Crippen LogP contribution is -2.49. The first-order chi connectivity index (χ1) is 10.5. The number of amides is 1. The van der Waals surface area contributed by atoms with E-state index in [0.717, 1.165) is 23.1 Å². The fraction of sp³-hybridized carbons (Fsp3) is 0.400. The molecule has 0 bridgehead atoms. The fourth-order valence-corrected chi connectivity index (χ4v) is 3.34. The van der Waals surface area contributed by atoms with Gasteiger partial charge in [-0.1, -0.05) is 17.0 Å². The number of hydrogen-bond acceptors (Lipinski definition) is 4. The van der Waals surface area contributed by atoms with E-state index in [2.05, 4.69) is 14.9 Å². The average Bonchev–Trinajstić information content (AvgIpc) is 2.83. The molecule has 0 saturated heterocycles. The van der Waals surface area contributed by atoms with Crippen LogP contribution in [0.5, 0.6) is 0 Å². The van der Waals surface area contributed by atoms with Gasteiger partial charge in [-0.05, 0) is 37.4 Å². The maximum Gasteiger partial charge on any atom is 0.231 e. The highest BCUT2D eigenvalue weighted by Gasteiger charge is 2.47. The molecular weight excluding hydrogens is 308 g/mol. The molecule has 4 nitrogen and oxygen atoms in total. The molecule has 7 heteroatoms. The molecule has 0 atom stereocenters. The Morgan fingerprint density at radius 2 is 2.18 bits per heavy atom. The molecule has 3 rings (SSSR count). The van der Waals surface area contributed by atoms with Crippen LogP contribution in [-0.4, -0.2) is 15.5 Å². The number of carbonyl (C=O) groups is 1. The Balaban J connectivity index is 1.80. The maximum atomic E-state index is 14.1. The van der Waals surface area contributed by atoms with Gasteiger partial charge in [-0.2, -0.15) is 0 Å². The second kappa shape index (κ2) is 5.72. The number of carbonyl (C=O) groups excluding carboxylic acids is 1. The molecule has 1 amide bonds. The van der Waals surface area contributed by atoms with Gasteiger partial charge in [0.15, 0.2) is 0 Å². The molecule has 22 heavy (non-hydrogen) atoms. The van der Waals surface area contributed by atoms with Gasteiger partial charge in [0.05, 0.1) is 22.5 Å². The molecule has 1 aromatic carbocycles. The largest absolute Gasteiger partial charge is 0.350 e. The second-order valence-electron chi connectivity index (χ2n) is 5.52. The molecule has 1 heterocycles. The van der Waals surface area contributed by atoms with Gasteiger partial charge in [0.2, 0.25) is 5.91 Å². The van der Waals surface area contributed by atoms with Gasteiger partial charge in [0, 0.05) is 11.6 Å². The first-order valence-electron chi connectivity index (χ1n) is 7.04. The highest BCUT2D eigenvalue weighted by Crippen LogP contribution is 2.45. The minimum atomic E-state index is -0.885. The van der Waals surface area contributed by atoms with Gasteiger partial charge < -0.3 is 5.32 Å². The van der Waals surface area contributed by atoms with Crippen molar-refractivity contribution in [3.8, 4) is 0 Å². The number of benzene rings is 1. The molecule has 1 saturated carbocycles. The number of aryl methyl sites for hydroxylation is 1. The van der Waals surface area contributed by atoms with Gasteiger partial charge in [0.1, 0.15) is 11.6 Å². The zero-order valence-electron chi connectivity index (χ0n) is 12.0. The van der Waals surface area contributed by atoms with E-state index in [9.17, 15) is 13.6 Å². The fourth-order valence-electron chi connectivity index (χ4n) is 2.77. The van der Waals surface area contributed by atoms with Crippen LogP contribution in [0.4, 0.5) is 8.78 Å². The number of hydrogen-bond donors (Lipinski definition) is 1. The lowest BCUT2D eigenvalue weighted by Gasteiger charge is -2.40. The minimum Gasteiger partial charge on any atom is -0.350 e. The van der Waals surface area contributed by atoms with E-state index in [4.69, 9.17) is 0 Å². The standard InChI is InChI=1S/C15H15F2N3OS/c1-9-13(22-20-19-9)8-18-14(21)15(5-2-6-15)11-4-3-10(16)7-12(11)17/h3-4,7H,2,5-6,8H2,1H3,(H,18,21). The Labute approximate surface area is 130 Å². The highest BCUT2D eigenvalue weighted by molar-refractivity contribution is 7.05. The Hall–Kier alpha value is -1.89. The minimum absolute atomic E-state index is 0.225. The number of nitrogens with one attached hydrogen (secondary N) is 1. The van der Waals surface area contributed by atoms with Crippen molar-refractivity contribution >= 4 is 17.4 Å². The predicted octanol–water partition coefficient (Wildman–Crippen LogP) is 2.86. The quantitative estimate of drug-likeness (QED) is 0.941. The van der Waals surface area contributed by atoms with Crippen molar-refractivity contribution in [2.75, 3.05) is 0 Å². The van der Waals surface area contributed by atoms with Crippen LogP contribution in [0.15, 0.2) is 18.2 Å². The normalized spacial score (nSPS) is 16.1. The molecule has 116 valence electrons. The molecule has 0 radical (unpaired) electrons. The lowest BCUT2D eigenvalue weighted by atomic mass is 9.63. The van der Waals surface area contributed by atoms with Crippen molar-refractivity contribution < 1.29 is 13.6 Å². The predicted molar refractivity (Wildman–Crippen MR) is 78.4 cm³/mol. The summed E-state index contributed by atoms with van der Waals surface area (Å²) < 4.78 is 31.0. The molecule has 1 aliphatic rings. The Kier molecular flexibility index (Phi) is 3.90. The van der Waals surface area contributed by atoms with Crippen molar-refractivity contribution in [1.82, 2.24) is 14.9 Å². The zero-order valence-corrected chi connectivity index (χ0v) is 12.8. The molecule has 1 fully saturated rings. The van der Waals surface area contributed by atoms with Crippen LogP contribution in [0.3, 0.4) is 0 Å². The first-order valence-corrected chi connectivity index (χ1v) is 7.82. The van der Waals surface area contributed by atoms with Gasteiger partial charge in [-0.3, -0.25) is 4.79 Å². The van der Waals surface area contributed by atoms with Crippen LogP contribution in [0.2, 0.25) is 0 Å². The van der Waals surface area contributed by atoms with Gasteiger partial charge in [-0.25, -0.2) is 8.78 Å². The second-order valence-corrected chi connectivity index (χ2v) is 6.36. The van der Waals surface area contributed by atoms with E-state index >= 15 is 0 Å². The van der Waals surface area contributed by atoms with Gasteiger partial charge >= 0.3 is 0 Å². The summed E-state index contributed by atoms with van der Waals surface area (Å²) in [5.74, 6) is -1.52. The smallest absolute Gasteiger partial charge is 0.231 e. The van der Waals surface area contributed by atoms with Gasteiger partial charge in [0.25, 0.3) is 0 Å². The van der Waals surface area contributed by atoms with E-state index in [0.29, 0.717) is 19.4 Å². The van der Waals surface area contributed by atoms with Crippen LogP contribution in [-0.2, 0) is 16.8 Å². The van der Waals surface area contributed by atoms with Crippen LogP contribution in [0, 0.1) is 18.6 Å². The highest BCUT2D eigenvalue weighted by atomic mass is 32.1. The monoisotopic (exact) mass is 323 g/mol. The number of halogens is 2. The number of nitrogens with zero attached hydrogens (tertiary/aromatic N) is 2. The van der Waals surface area contributed by atoms with Crippen molar-refractivity contribution in [1.29, 1.82) is 0 Å². The summed E-state index contributed by atoms with van der Waals surface area (Å²) in [5, 5.41) is 6.73. The Bertz CT molecular complexity index is 713. The average molecular weight is 323 g/mol. The van der Waals surface area contributed by atoms with Crippen LogP contribution >= 0.6 is 11.5 Å². The molecule has 0 spiro atoms. The third-order valence-corrected chi connectivity index (χ3v) is 5.07. The third-order valence-electron chi connectivity index (χ3n) is 4.24. The molecular formula is C15H15F2N3OS. The molecule has 1 aliphatic carbocycles. The summed E-state index contributed by atoms with van der Waals surface area (Å²) in [7, 11) is 0. The van der Waals surface area contributed by atoms with Crippen molar-refractivity contribution in [2.24, 2.45) is 0 Å². The van der Waals surface area contributed by atoms with Crippen molar-refractivity contribution in [3.63, 3.8) is 0 Å². The summed E-state index contributed by atoms with van der Waals surface area (Å²) in [6.07, 6.45) is 1.99. The molecule has 2 aromatic rings. The van der Waals surface area contributed by atoms with E-state index in [1.807, 2.05) is 6.92 Å². The van der Waals surface area contributed by atoms with Crippen LogP contribution in [0.1, 0.15) is 35.4 Å². The topological polar surface area (TPSA) is 54.9 Å². The third kappa shape index (κ3) is 2.49. The molecule has 0 unspecified atom stereocenters. The SMILES string of the molecule is Cc1nnsc1CNC(=O)C1(c2ccc(F)cc2F)CCC1. The summed E-state index contributed by atoms with van der Waals surface area (Å²) >= 11 is 1.23. The van der Waals surface area contributed by atoms with E-state index in [-0.39, 0.29) is 11.5 Å². The van der Waals surface area contributed by atoms with Crippen molar-refractivity contribution in [2.45, 2.75) is 38.1 Å². The summed E-state index contributed by atoms with van der Waals surface area (Å²) in [4.78, 5) is 13.5. The van der Waals surface area contributed by atoms with Crippen LogP contribution in [0.25, 0.3) is 0 Å². The number of aromatic nitrogens is 2. The molecule has 1 N–H and O–H groups in total. The van der Waals surface area contributed by atoms with E-state index < -0.39 is 17.0 Å².